The summed E-state index contributed by atoms with van der Waals surface area (Å²) in [5.41, 5.74) is 0.924. The van der Waals surface area contributed by atoms with E-state index >= 15 is 0 Å². The molecule has 1 N–H and O–H groups in total. The molecule has 0 spiro atoms. The van der Waals surface area contributed by atoms with Crippen LogP contribution in [0, 0.1) is 0 Å². The highest BCUT2D eigenvalue weighted by Gasteiger charge is 1.82. The van der Waals surface area contributed by atoms with Crippen LogP contribution in [-0.2, 0) is 0 Å². The van der Waals surface area contributed by atoms with E-state index in [0.717, 1.165) is 11.5 Å². The fourth-order valence-electron chi connectivity index (χ4n) is 0.365. The van der Waals surface area contributed by atoms with E-state index in [9.17, 15) is 0 Å². The molecule has 0 heterocycles. The van der Waals surface area contributed by atoms with Crippen molar-refractivity contribution >= 4 is 5.84 Å². The van der Waals surface area contributed by atoms with E-state index in [1.165, 1.54) is 0 Å². The summed E-state index contributed by atoms with van der Waals surface area (Å²) in [5.74, 6) is 0.900. The Labute approximate surface area is 50.3 Å². The van der Waals surface area contributed by atoms with Gasteiger partial charge < -0.3 is 5.32 Å². The molecule has 46 valence electrons. The van der Waals surface area contributed by atoms with Crippen molar-refractivity contribution in [2.24, 2.45) is 4.99 Å². The van der Waals surface area contributed by atoms with E-state index in [0.29, 0.717) is 0 Å². The SMILES string of the molecule is C=C(C)N/C(C)=N/C. The molecule has 0 aliphatic carbocycles. The Bertz CT molecular complexity index is 114. The summed E-state index contributed by atoms with van der Waals surface area (Å²) in [7, 11) is 1.74. The summed E-state index contributed by atoms with van der Waals surface area (Å²) >= 11 is 0. The van der Waals surface area contributed by atoms with Crippen LogP contribution in [-0.4, -0.2) is 12.9 Å². The molecule has 0 amide bonds. The molecule has 2 heteroatoms. The quantitative estimate of drug-likeness (QED) is 0.399. The second kappa shape index (κ2) is 3.24. The maximum absolute atomic E-state index is 3.87. The smallest absolute Gasteiger partial charge is 0.0969 e. The molecule has 0 radical (unpaired) electrons. The van der Waals surface area contributed by atoms with Crippen molar-refractivity contribution in [1.29, 1.82) is 0 Å². The van der Waals surface area contributed by atoms with E-state index in [1.54, 1.807) is 7.05 Å². The zero-order chi connectivity index (χ0) is 6.57. The summed E-state index contributed by atoms with van der Waals surface area (Å²) in [6, 6.07) is 0. The fourth-order valence-corrected chi connectivity index (χ4v) is 0.365. The van der Waals surface area contributed by atoms with Crippen LogP contribution in [0.4, 0.5) is 0 Å². The Morgan fingerprint density at radius 2 is 2.00 bits per heavy atom. The largest absolute Gasteiger partial charge is 0.349 e. The third-order valence-corrected chi connectivity index (χ3v) is 0.730. The zero-order valence-corrected chi connectivity index (χ0v) is 5.65. The molecular weight excluding hydrogens is 100 g/mol. The van der Waals surface area contributed by atoms with Gasteiger partial charge in [0.1, 0.15) is 0 Å². The molecule has 0 aliphatic heterocycles. The average molecular weight is 112 g/mol. The maximum atomic E-state index is 3.87. The van der Waals surface area contributed by atoms with Crippen LogP contribution in [0.3, 0.4) is 0 Å². The topological polar surface area (TPSA) is 24.4 Å². The lowest BCUT2D eigenvalue weighted by molar-refractivity contribution is 1.10. The van der Waals surface area contributed by atoms with E-state index in [1.807, 2.05) is 13.8 Å². The van der Waals surface area contributed by atoms with Gasteiger partial charge in [-0.2, -0.15) is 0 Å². The molecule has 8 heavy (non-hydrogen) atoms. The van der Waals surface area contributed by atoms with Gasteiger partial charge in [-0.1, -0.05) is 6.58 Å². The number of nitrogens with one attached hydrogen (secondary N) is 1. The van der Waals surface area contributed by atoms with Crippen molar-refractivity contribution in [1.82, 2.24) is 5.32 Å². The van der Waals surface area contributed by atoms with Crippen LogP contribution in [0.2, 0.25) is 0 Å². The standard InChI is InChI=1S/C6H12N2/c1-5(2)8-6(3)7-4/h1H2,2-4H3,(H,7,8). The summed E-state index contributed by atoms with van der Waals surface area (Å²) in [6.45, 7) is 7.45. The van der Waals surface area contributed by atoms with Crippen molar-refractivity contribution in [3.8, 4) is 0 Å². The molecule has 0 saturated carbocycles. The zero-order valence-electron chi connectivity index (χ0n) is 5.65. The summed E-state index contributed by atoms with van der Waals surface area (Å²) < 4.78 is 0. The normalized spacial score (nSPS) is 11.1. The van der Waals surface area contributed by atoms with Crippen molar-refractivity contribution in [3.05, 3.63) is 12.3 Å². The van der Waals surface area contributed by atoms with Crippen LogP contribution >= 0.6 is 0 Å². The minimum Gasteiger partial charge on any atom is -0.349 e. The highest BCUT2D eigenvalue weighted by Crippen LogP contribution is 1.77. The molecule has 0 aromatic heterocycles. The molecule has 0 aromatic rings. The van der Waals surface area contributed by atoms with Gasteiger partial charge in [-0.05, 0) is 13.8 Å². The molecular formula is C6H12N2. The number of hydrogen-bond acceptors (Lipinski definition) is 1. The molecule has 0 aliphatic rings. The second-order valence-electron chi connectivity index (χ2n) is 1.71. The van der Waals surface area contributed by atoms with E-state index in [4.69, 9.17) is 0 Å². The first-order valence-corrected chi connectivity index (χ1v) is 2.52. The lowest BCUT2D eigenvalue weighted by Gasteiger charge is -2.00. The first-order chi connectivity index (χ1) is 3.66. The summed E-state index contributed by atoms with van der Waals surface area (Å²) in [4.78, 5) is 3.87. The van der Waals surface area contributed by atoms with Gasteiger partial charge in [-0.3, -0.25) is 4.99 Å². The first kappa shape index (κ1) is 7.21. The van der Waals surface area contributed by atoms with Gasteiger partial charge in [0.15, 0.2) is 0 Å². The Morgan fingerprint density at radius 3 is 2.12 bits per heavy atom. The van der Waals surface area contributed by atoms with Gasteiger partial charge in [-0.15, -0.1) is 0 Å². The fraction of sp³-hybridized carbons (Fsp3) is 0.500. The van der Waals surface area contributed by atoms with E-state index < -0.39 is 0 Å². The van der Waals surface area contributed by atoms with Gasteiger partial charge >= 0.3 is 0 Å². The molecule has 0 rings (SSSR count). The van der Waals surface area contributed by atoms with Crippen LogP contribution in [0.25, 0.3) is 0 Å². The van der Waals surface area contributed by atoms with E-state index in [2.05, 4.69) is 16.9 Å². The van der Waals surface area contributed by atoms with Crippen LogP contribution < -0.4 is 5.32 Å². The summed E-state index contributed by atoms with van der Waals surface area (Å²) in [6.07, 6.45) is 0. The third-order valence-electron chi connectivity index (χ3n) is 0.730. The maximum Gasteiger partial charge on any atom is 0.0969 e. The van der Waals surface area contributed by atoms with Crippen molar-refractivity contribution in [2.45, 2.75) is 13.8 Å². The summed E-state index contributed by atoms with van der Waals surface area (Å²) in [5, 5.41) is 2.95. The predicted octanol–water partition coefficient (Wildman–Crippen LogP) is 1.16. The Hall–Kier alpha value is -0.790. The highest BCUT2D eigenvalue weighted by atomic mass is 15.0. The van der Waals surface area contributed by atoms with Crippen LogP contribution in [0.15, 0.2) is 17.3 Å². The number of amidine groups is 1. The number of aliphatic imine (C=N–C) groups is 1. The van der Waals surface area contributed by atoms with Gasteiger partial charge in [-0.25, -0.2) is 0 Å². The Morgan fingerprint density at radius 1 is 1.50 bits per heavy atom. The number of allylic oxidation sites excluding steroid dienone is 1. The van der Waals surface area contributed by atoms with Crippen LogP contribution in [0.5, 0.6) is 0 Å². The van der Waals surface area contributed by atoms with E-state index in [-0.39, 0.29) is 0 Å². The Kier molecular flexibility index (Phi) is 2.92. The lowest BCUT2D eigenvalue weighted by atomic mass is 10.5. The number of rotatable bonds is 1. The van der Waals surface area contributed by atoms with Crippen molar-refractivity contribution in [2.75, 3.05) is 7.05 Å². The number of hydrogen-bond donors (Lipinski definition) is 1. The predicted molar refractivity (Wildman–Crippen MR) is 37.0 cm³/mol. The molecule has 2 nitrogen and oxygen atoms in total. The van der Waals surface area contributed by atoms with Crippen LogP contribution in [0.1, 0.15) is 13.8 Å². The van der Waals surface area contributed by atoms with Crippen molar-refractivity contribution in [3.63, 3.8) is 0 Å². The van der Waals surface area contributed by atoms with Gasteiger partial charge in [0, 0.05) is 12.7 Å². The average Bonchev–Trinajstić information content (AvgIpc) is 1.65. The van der Waals surface area contributed by atoms with Crippen molar-refractivity contribution < 1.29 is 0 Å². The molecule has 0 aromatic carbocycles. The van der Waals surface area contributed by atoms with Gasteiger partial charge in [0.05, 0.1) is 5.84 Å². The monoisotopic (exact) mass is 112 g/mol. The molecule has 0 unspecified atom stereocenters. The highest BCUT2D eigenvalue weighted by molar-refractivity contribution is 5.80. The molecule has 0 bridgehead atoms. The van der Waals surface area contributed by atoms with Gasteiger partial charge in [0.2, 0.25) is 0 Å². The Balaban J connectivity index is 3.56. The second-order valence-corrected chi connectivity index (χ2v) is 1.71. The first-order valence-electron chi connectivity index (χ1n) is 2.52. The number of nitrogens with zero attached hydrogens (tertiary/aromatic N) is 1. The third kappa shape index (κ3) is 3.40. The van der Waals surface area contributed by atoms with Gasteiger partial charge in [0.25, 0.3) is 0 Å². The minimum atomic E-state index is 0.900. The minimum absolute atomic E-state index is 0.900. The lowest BCUT2D eigenvalue weighted by Crippen LogP contribution is -2.16. The molecule has 0 saturated heterocycles. The molecule has 0 atom stereocenters. The molecule has 0 fully saturated rings.